The minimum absolute atomic E-state index is 0.192. The number of benzene rings is 1. The summed E-state index contributed by atoms with van der Waals surface area (Å²) in [5, 5.41) is 8.14. The van der Waals surface area contributed by atoms with Crippen molar-refractivity contribution in [3.05, 3.63) is 47.7 Å². The number of rotatable bonds is 4. The van der Waals surface area contributed by atoms with Crippen molar-refractivity contribution < 1.29 is 31.9 Å². The van der Waals surface area contributed by atoms with Gasteiger partial charge in [0.05, 0.1) is 7.11 Å². The second-order valence-electron chi connectivity index (χ2n) is 4.24. The number of ether oxygens (including phenoxy) is 1. The average Bonchev–Trinajstić information content (AvgIpc) is 3.02. The van der Waals surface area contributed by atoms with Crippen LogP contribution in [0.25, 0.3) is 0 Å². The van der Waals surface area contributed by atoms with Crippen LogP contribution >= 0.6 is 0 Å². The Morgan fingerprint density at radius 2 is 1.87 bits per heavy atom. The van der Waals surface area contributed by atoms with Crippen molar-refractivity contribution in [2.45, 2.75) is 12.2 Å². The van der Waals surface area contributed by atoms with Crippen molar-refractivity contribution in [2.75, 3.05) is 7.11 Å². The molecule has 0 bridgehead atoms. The maximum atomic E-state index is 12.5. The monoisotopic (exact) mass is 329 g/mol. The quantitative estimate of drug-likeness (QED) is 0.859. The van der Waals surface area contributed by atoms with Crippen LogP contribution in [-0.2, 0) is 15.7 Å². The standard InChI is InChI=1S/C13H10F3N3O4/c1-22-11(21)8(10-18-19-12(23-10)13(14,15)16)17-9(20)7-5-3-2-4-6-7/h2-6,8H,1H3,(H,17,20)/t8-/m0/s1. The van der Waals surface area contributed by atoms with Crippen molar-refractivity contribution >= 4 is 11.9 Å². The number of amides is 1. The van der Waals surface area contributed by atoms with Gasteiger partial charge in [-0.1, -0.05) is 18.2 Å². The molecule has 0 aliphatic rings. The lowest BCUT2D eigenvalue weighted by molar-refractivity contribution is -0.158. The van der Waals surface area contributed by atoms with Gasteiger partial charge in [-0.25, -0.2) is 4.79 Å². The molecule has 2 rings (SSSR count). The molecule has 1 atom stereocenters. The molecule has 23 heavy (non-hydrogen) atoms. The van der Waals surface area contributed by atoms with Crippen LogP contribution in [0.3, 0.4) is 0 Å². The van der Waals surface area contributed by atoms with Crippen molar-refractivity contribution in [1.29, 1.82) is 0 Å². The van der Waals surface area contributed by atoms with E-state index in [1.807, 2.05) is 0 Å². The van der Waals surface area contributed by atoms with Crippen LogP contribution in [0.5, 0.6) is 0 Å². The molecule has 0 spiro atoms. The Labute approximate surface area is 127 Å². The molecule has 0 radical (unpaired) electrons. The van der Waals surface area contributed by atoms with Gasteiger partial charge in [0.1, 0.15) is 0 Å². The molecule has 2 aromatic rings. The first kappa shape index (κ1) is 16.5. The molecule has 0 saturated carbocycles. The second-order valence-corrected chi connectivity index (χ2v) is 4.24. The van der Waals surface area contributed by atoms with Gasteiger partial charge in [0.15, 0.2) is 0 Å². The van der Waals surface area contributed by atoms with Gasteiger partial charge >= 0.3 is 18.0 Å². The highest BCUT2D eigenvalue weighted by atomic mass is 19.4. The smallest absolute Gasteiger partial charge is 0.467 e. The summed E-state index contributed by atoms with van der Waals surface area (Å²) >= 11 is 0. The van der Waals surface area contributed by atoms with Gasteiger partial charge in [0.25, 0.3) is 11.8 Å². The number of halogens is 3. The first-order valence-electron chi connectivity index (χ1n) is 6.17. The van der Waals surface area contributed by atoms with Crippen LogP contribution in [0.15, 0.2) is 34.7 Å². The van der Waals surface area contributed by atoms with E-state index in [-0.39, 0.29) is 5.56 Å². The van der Waals surface area contributed by atoms with E-state index >= 15 is 0 Å². The Morgan fingerprint density at radius 3 is 2.39 bits per heavy atom. The lowest BCUT2D eigenvalue weighted by atomic mass is 10.2. The summed E-state index contributed by atoms with van der Waals surface area (Å²) in [6, 6.07) is 6.09. The summed E-state index contributed by atoms with van der Waals surface area (Å²) in [6.45, 7) is 0. The van der Waals surface area contributed by atoms with Crippen LogP contribution in [0.2, 0.25) is 0 Å². The van der Waals surface area contributed by atoms with Crippen LogP contribution in [-0.4, -0.2) is 29.2 Å². The van der Waals surface area contributed by atoms with Crippen LogP contribution in [0.4, 0.5) is 13.2 Å². The van der Waals surface area contributed by atoms with Crippen molar-refractivity contribution in [2.24, 2.45) is 0 Å². The SMILES string of the molecule is COC(=O)[C@@H](NC(=O)c1ccccc1)c1nnc(C(F)(F)F)o1. The first-order valence-corrected chi connectivity index (χ1v) is 6.17. The van der Waals surface area contributed by atoms with Gasteiger partial charge in [0, 0.05) is 5.56 Å². The van der Waals surface area contributed by atoms with E-state index in [1.54, 1.807) is 18.2 Å². The number of alkyl halides is 3. The number of hydrogen-bond acceptors (Lipinski definition) is 6. The van der Waals surface area contributed by atoms with E-state index in [4.69, 9.17) is 0 Å². The number of aromatic nitrogens is 2. The molecule has 1 aromatic heterocycles. The zero-order chi connectivity index (χ0) is 17.0. The summed E-state index contributed by atoms with van der Waals surface area (Å²) < 4.78 is 46.3. The van der Waals surface area contributed by atoms with Crippen molar-refractivity contribution in [1.82, 2.24) is 15.5 Å². The summed E-state index contributed by atoms with van der Waals surface area (Å²) in [4.78, 5) is 23.7. The number of carbonyl (C=O) groups is 2. The van der Waals surface area contributed by atoms with E-state index < -0.39 is 35.9 Å². The molecule has 0 aliphatic carbocycles. The third-order valence-corrected chi connectivity index (χ3v) is 2.68. The van der Waals surface area contributed by atoms with E-state index in [0.717, 1.165) is 7.11 Å². The van der Waals surface area contributed by atoms with Gasteiger partial charge in [-0.15, -0.1) is 10.2 Å². The van der Waals surface area contributed by atoms with Crippen LogP contribution in [0, 0.1) is 0 Å². The van der Waals surface area contributed by atoms with Crippen LogP contribution in [0.1, 0.15) is 28.2 Å². The number of esters is 1. The van der Waals surface area contributed by atoms with Gasteiger partial charge < -0.3 is 14.5 Å². The highest BCUT2D eigenvalue weighted by Gasteiger charge is 2.40. The Balaban J connectivity index is 2.26. The van der Waals surface area contributed by atoms with Gasteiger partial charge in [-0.2, -0.15) is 13.2 Å². The zero-order valence-electron chi connectivity index (χ0n) is 11.6. The molecule has 1 aromatic carbocycles. The average molecular weight is 329 g/mol. The normalized spacial score (nSPS) is 12.5. The molecule has 0 fully saturated rings. The first-order chi connectivity index (χ1) is 10.8. The number of hydrogen-bond donors (Lipinski definition) is 1. The summed E-state index contributed by atoms with van der Waals surface area (Å²) in [5.41, 5.74) is 0.192. The highest BCUT2D eigenvalue weighted by Crippen LogP contribution is 2.29. The second kappa shape index (κ2) is 6.46. The largest absolute Gasteiger partial charge is 0.470 e. The molecular formula is C13H10F3N3O4. The van der Waals surface area contributed by atoms with Crippen molar-refractivity contribution in [3.8, 4) is 0 Å². The number of methoxy groups -OCH3 is 1. The molecule has 7 nitrogen and oxygen atoms in total. The van der Waals surface area contributed by atoms with E-state index in [0.29, 0.717) is 0 Å². The molecule has 0 aliphatic heterocycles. The summed E-state index contributed by atoms with van der Waals surface area (Å²) in [6.07, 6.45) is -4.87. The topological polar surface area (TPSA) is 94.3 Å². The van der Waals surface area contributed by atoms with E-state index in [9.17, 15) is 22.8 Å². The number of carbonyl (C=O) groups excluding carboxylic acids is 2. The Morgan fingerprint density at radius 1 is 1.22 bits per heavy atom. The Hall–Kier alpha value is -2.91. The highest BCUT2D eigenvalue weighted by molar-refractivity contribution is 5.96. The number of nitrogens with zero attached hydrogens (tertiary/aromatic N) is 2. The predicted octanol–water partition coefficient (Wildman–Crippen LogP) is 1.73. The molecule has 0 unspecified atom stereocenters. The predicted molar refractivity (Wildman–Crippen MR) is 68.0 cm³/mol. The maximum Gasteiger partial charge on any atom is 0.470 e. The lowest BCUT2D eigenvalue weighted by Gasteiger charge is -2.12. The zero-order valence-corrected chi connectivity index (χ0v) is 11.6. The minimum atomic E-state index is -4.87. The van der Waals surface area contributed by atoms with Gasteiger partial charge in [-0.3, -0.25) is 4.79 Å². The van der Waals surface area contributed by atoms with Gasteiger partial charge in [-0.05, 0) is 12.1 Å². The lowest BCUT2D eigenvalue weighted by Crippen LogP contribution is -2.34. The molecule has 1 heterocycles. The molecule has 10 heteroatoms. The fraction of sp³-hybridized carbons (Fsp3) is 0.231. The fourth-order valence-corrected chi connectivity index (χ4v) is 1.61. The molecule has 1 amide bonds. The van der Waals surface area contributed by atoms with Crippen LogP contribution < -0.4 is 5.32 Å². The summed E-state index contributed by atoms with van der Waals surface area (Å²) in [7, 11) is 1.01. The number of nitrogens with one attached hydrogen (secondary N) is 1. The molecule has 1 N–H and O–H groups in total. The third kappa shape index (κ3) is 3.84. The summed E-state index contributed by atoms with van der Waals surface area (Å²) in [5.74, 6) is -4.12. The van der Waals surface area contributed by atoms with E-state index in [2.05, 4.69) is 24.7 Å². The van der Waals surface area contributed by atoms with Gasteiger partial charge in [0.2, 0.25) is 6.04 Å². The van der Waals surface area contributed by atoms with E-state index in [1.165, 1.54) is 12.1 Å². The molecule has 0 saturated heterocycles. The third-order valence-electron chi connectivity index (χ3n) is 2.68. The van der Waals surface area contributed by atoms with Crippen molar-refractivity contribution in [3.63, 3.8) is 0 Å². The fourth-order valence-electron chi connectivity index (χ4n) is 1.61. The molecule has 122 valence electrons. The minimum Gasteiger partial charge on any atom is -0.467 e. The molecular weight excluding hydrogens is 319 g/mol. The Bertz CT molecular complexity index is 700. The maximum absolute atomic E-state index is 12.5. The Kier molecular flexibility index (Phi) is 4.63.